The summed E-state index contributed by atoms with van der Waals surface area (Å²) in [6.45, 7) is 6.50. The highest BCUT2D eigenvalue weighted by Crippen LogP contribution is 2.62. The van der Waals surface area contributed by atoms with E-state index >= 15 is 0 Å². The van der Waals surface area contributed by atoms with Gasteiger partial charge in [0.2, 0.25) is 5.91 Å². The first-order chi connectivity index (χ1) is 16.3. The number of aliphatic hydroxyl groups is 2. The number of ether oxygens (including phenoxy) is 3. The Hall–Kier alpha value is -1.67. The van der Waals surface area contributed by atoms with Gasteiger partial charge in [-0.15, -0.1) is 0 Å². The molecule has 0 spiro atoms. The van der Waals surface area contributed by atoms with Crippen molar-refractivity contribution >= 4 is 5.91 Å². The van der Waals surface area contributed by atoms with Gasteiger partial charge in [-0.2, -0.15) is 0 Å². The molecule has 7 heteroatoms. The van der Waals surface area contributed by atoms with E-state index in [-0.39, 0.29) is 28.8 Å². The molecule has 188 valence electrons. The Kier molecular flexibility index (Phi) is 6.66. The topological polar surface area (TPSA) is 88.5 Å². The third-order valence-electron chi connectivity index (χ3n) is 9.27. The van der Waals surface area contributed by atoms with E-state index in [1.54, 1.807) is 4.90 Å². The Morgan fingerprint density at radius 3 is 2.65 bits per heavy atom. The van der Waals surface area contributed by atoms with Gasteiger partial charge < -0.3 is 29.3 Å². The zero-order chi connectivity index (χ0) is 23.9. The highest BCUT2D eigenvalue weighted by atomic mass is 16.7. The molecule has 2 saturated heterocycles. The Bertz CT molecular complexity index is 866. The highest BCUT2D eigenvalue weighted by molar-refractivity contribution is 5.77. The average Bonchev–Trinajstić information content (AvgIpc) is 3.27. The summed E-state index contributed by atoms with van der Waals surface area (Å²) < 4.78 is 18.5. The molecule has 7 nitrogen and oxygen atoms in total. The summed E-state index contributed by atoms with van der Waals surface area (Å²) >= 11 is 0. The van der Waals surface area contributed by atoms with E-state index in [1.807, 2.05) is 30.3 Å². The van der Waals surface area contributed by atoms with E-state index < -0.39 is 18.5 Å². The van der Waals surface area contributed by atoms with Crippen LogP contribution in [0.5, 0.6) is 5.75 Å². The summed E-state index contributed by atoms with van der Waals surface area (Å²) in [7, 11) is 0. The molecule has 1 amide bonds. The molecular formula is C27H39NO6. The molecule has 5 rings (SSSR count). The first kappa shape index (κ1) is 24.0. The summed E-state index contributed by atoms with van der Waals surface area (Å²) in [5, 5.41) is 20.9. The third kappa shape index (κ3) is 4.36. The van der Waals surface area contributed by atoms with Gasteiger partial charge in [0, 0.05) is 24.9 Å². The SMILES string of the molecule is C[C@@]12CO[C@@H](COc3ccccc3)O[C@@H]1CC[C@]1(C)[C@@H]2CC[C@@H](O)[C@H]1CC(=O)N1CC[C@@H](O)C1. The van der Waals surface area contributed by atoms with Crippen molar-refractivity contribution in [3.05, 3.63) is 30.3 Å². The predicted molar refractivity (Wildman–Crippen MR) is 126 cm³/mol. The van der Waals surface area contributed by atoms with Crippen molar-refractivity contribution in [3.8, 4) is 5.75 Å². The van der Waals surface area contributed by atoms with Crippen LogP contribution in [0, 0.1) is 22.7 Å². The molecule has 2 saturated carbocycles. The number of amides is 1. The number of carbonyl (C=O) groups excluding carboxylic acids is 1. The number of hydrogen-bond donors (Lipinski definition) is 2. The molecule has 2 aliphatic heterocycles. The number of aliphatic hydroxyl groups excluding tert-OH is 2. The predicted octanol–water partition coefficient (Wildman–Crippen LogP) is 2.98. The van der Waals surface area contributed by atoms with Gasteiger partial charge in [0.25, 0.3) is 0 Å². The summed E-state index contributed by atoms with van der Waals surface area (Å²) in [5.41, 5.74) is -0.321. The van der Waals surface area contributed by atoms with Crippen molar-refractivity contribution in [1.29, 1.82) is 0 Å². The normalized spacial score (nSPS) is 42.1. The molecule has 0 aromatic heterocycles. The molecular weight excluding hydrogens is 434 g/mol. The standard InChI is InChI=1S/C27H39NO6/c1-26-12-10-23-27(2,17-33-25(34-23)16-32-19-6-4-3-5-7-19)22(26)9-8-21(30)20(26)14-24(31)28-13-11-18(29)15-28/h3-7,18,20-23,25,29-30H,8-17H2,1-2H3/t18-,20-,21-,22+,23-,25-,26+,27+/m1/s1. The van der Waals surface area contributed by atoms with E-state index in [4.69, 9.17) is 14.2 Å². The quantitative estimate of drug-likeness (QED) is 0.684. The summed E-state index contributed by atoms with van der Waals surface area (Å²) in [6.07, 6.45) is 3.18. The van der Waals surface area contributed by atoms with Crippen LogP contribution < -0.4 is 4.74 Å². The fourth-order valence-electron chi connectivity index (χ4n) is 7.34. The Morgan fingerprint density at radius 2 is 1.91 bits per heavy atom. The molecule has 4 fully saturated rings. The third-order valence-corrected chi connectivity index (χ3v) is 9.27. The lowest BCUT2D eigenvalue weighted by Crippen LogP contribution is -2.63. The Labute approximate surface area is 202 Å². The fourth-order valence-corrected chi connectivity index (χ4v) is 7.34. The monoisotopic (exact) mass is 473 g/mol. The lowest BCUT2D eigenvalue weighted by molar-refractivity contribution is -0.313. The van der Waals surface area contributed by atoms with Crippen LogP contribution in [-0.2, 0) is 14.3 Å². The van der Waals surface area contributed by atoms with Crippen molar-refractivity contribution in [2.45, 2.75) is 77.0 Å². The van der Waals surface area contributed by atoms with Gasteiger partial charge >= 0.3 is 0 Å². The van der Waals surface area contributed by atoms with Crippen LogP contribution in [0.4, 0.5) is 0 Å². The van der Waals surface area contributed by atoms with E-state index in [0.29, 0.717) is 51.5 Å². The van der Waals surface area contributed by atoms with Crippen LogP contribution in [0.3, 0.4) is 0 Å². The number of β-amino-alcohol motifs (C(OH)–C–C–N with tert-alkyl or cyclic N) is 1. The largest absolute Gasteiger partial charge is 0.488 e. The summed E-state index contributed by atoms with van der Waals surface area (Å²) in [5.74, 6) is 1.08. The van der Waals surface area contributed by atoms with Crippen LogP contribution in [-0.4, -0.2) is 71.9 Å². The first-order valence-corrected chi connectivity index (χ1v) is 12.9. The molecule has 2 heterocycles. The molecule has 0 radical (unpaired) electrons. The summed E-state index contributed by atoms with van der Waals surface area (Å²) in [6, 6.07) is 9.71. The zero-order valence-corrected chi connectivity index (χ0v) is 20.4. The second-order valence-corrected chi connectivity index (χ2v) is 11.3. The molecule has 1 aromatic carbocycles. The van der Waals surface area contributed by atoms with Crippen LogP contribution in [0.1, 0.15) is 52.4 Å². The second kappa shape index (κ2) is 9.41. The minimum absolute atomic E-state index is 0.0593. The lowest BCUT2D eigenvalue weighted by atomic mass is 9.46. The minimum Gasteiger partial charge on any atom is -0.488 e. The van der Waals surface area contributed by atoms with E-state index in [1.165, 1.54) is 0 Å². The Balaban J connectivity index is 1.26. The number of fused-ring (bicyclic) bond motifs is 3. The van der Waals surface area contributed by atoms with Gasteiger partial charge in [-0.25, -0.2) is 0 Å². The number of nitrogens with zero attached hydrogens (tertiary/aromatic N) is 1. The lowest BCUT2D eigenvalue weighted by Gasteiger charge is -2.63. The molecule has 0 unspecified atom stereocenters. The van der Waals surface area contributed by atoms with E-state index in [0.717, 1.165) is 25.0 Å². The maximum atomic E-state index is 13.1. The molecule has 2 N–H and O–H groups in total. The first-order valence-electron chi connectivity index (χ1n) is 12.9. The van der Waals surface area contributed by atoms with Crippen LogP contribution in [0.15, 0.2) is 30.3 Å². The number of rotatable bonds is 5. The Morgan fingerprint density at radius 1 is 1.12 bits per heavy atom. The average molecular weight is 474 g/mol. The maximum absolute atomic E-state index is 13.1. The molecule has 34 heavy (non-hydrogen) atoms. The minimum atomic E-state index is -0.477. The van der Waals surface area contributed by atoms with E-state index in [9.17, 15) is 15.0 Å². The molecule has 1 aromatic rings. The molecule has 4 aliphatic rings. The number of hydrogen-bond acceptors (Lipinski definition) is 6. The van der Waals surface area contributed by atoms with Crippen molar-refractivity contribution in [3.63, 3.8) is 0 Å². The van der Waals surface area contributed by atoms with Crippen molar-refractivity contribution < 1.29 is 29.2 Å². The number of para-hydroxylation sites is 1. The van der Waals surface area contributed by atoms with Gasteiger partial charge in [-0.3, -0.25) is 4.79 Å². The highest BCUT2D eigenvalue weighted by Gasteiger charge is 2.61. The van der Waals surface area contributed by atoms with E-state index in [2.05, 4.69) is 13.8 Å². The number of benzene rings is 1. The zero-order valence-electron chi connectivity index (χ0n) is 20.4. The number of likely N-dealkylation sites (tertiary alicyclic amines) is 1. The van der Waals surface area contributed by atoms with Gasteiger partial charge in [0.1, 0.15) is 12.4 Å². The van der Waals surface area contributed by atoms with Gasteiger partial charge in [0.15, 0.2) is 6.29 Å². The van der Waals surface area contributed by atoms with Crippen LogP contribution >= 0.6 is 0 Å². The number of carbonyl (C=O) groups is 1. The van der Waals surface area contributed by atoms with Gasteiger partial charge in [-0.1, -0.05) is 32.0 Å². The molecule has 8 atom stereocenters. The second-order valence-electron chi connectivity index (χ2n) is 11.3. The summed E-state index contributed by atoms with van der Waals surface area (Å²) in [4.78, 5) is 14.8. The van der Waals surface area contributed by atoms with Crippen LogP contribution in [0.25, 0.3) is 0 Å². The fraction of sp³-hybridized carbons (Fsp3) is 0.741. The van der Waals surface area contributed by atoms with Crippen molar-refractivity contribution in [2.24, 2.45) is 22.7 Å². The maximum Gasteiger partial charge on any atom is 0.223 e. The van der Waals surface area contributed by atoms with Gasteiger partial charge in [-0.05, 0) is 61.5 Å². The van der Waals surface area contributed by atoms with Crippen molar-refractivity contribution in [2.75, 3.05) is 26.3 Å². The van der Waals surface area contributed by atoms with Gasteiger partial charge in [0.05, 0.1) is 24.9 Å². The van der Waals surface area contributed by atoms with Crippen LogP contribution in [0.2, 0.25) is 0 Å². The van der Waals surface area contributed by atoms with Crippen molar-refractivity contribution in [1.82, 2.24) is 4.90 Å². The molecule has 0 bridgehead atoms. The molecule has 2 aliphatic carbocycles. The smallest absolute Gasteiger partial charge is 0.223 e.